The van der Waals surface area contributed by atoms with E-state index in [1.165, 1.54) is 5.56 Å². The first kappa shape index (κ1) is 16.3. The smallest absolute Gasteiger partial charge is 0.129 e. The molecular formula is C15H27N3S. The molecule has 0 spiro atoms. The van der Waals surface area contributed by atoms with Crippen LogP contribution in [0.3, 0.4) is 0 Å². The lowest BCUT2D eigenvalue weighted by Crippen LogP contribution is -2.32. The average molecular weight is 281 g/mol. The maximum atomic E-state index is 4.65. The van der Waals surface area contributed by atoms with Gasteiger partial charge in [-0.05, 0) is 37.8 Å². The van der Waals surface area contributed by atoms with Gasteiger partial charge in [-0.2, -0.15) is 11.8 Å². The van der Waals surface area contributed by atoms with Gasteiger partial charge in [-0.25, -0.2) is 4.98 Å². The SMILES string of the molecule is CSCC(C)N(C)c1cc(CNC(C)C)cc(C)n1. The number of thioether (sulfide) groups is 1. The highest BCUT2D eigenvalue weighted by atomic mass is 32.2. The maximum absolute atomic E-state index is 4.65. The summed E-state index contributed by atoms with van der Waals surface area (Å²) in [5.41, 5.74) is 2.39. The number of aromatic nitrogens is 1. The highest BCUT2D eigenvalue weighted by Gasteiger charge is 2.12. The van der Waals surface area contributed by atoms with Gasteiger partial charge in [0.15, 0.2) is 0 Å². The molecule has 0 amide bonds. The van der Waals surface area contributed by atoms with E-state index >= 15 is 0 Å². The molecular weight excluding hydrogens is 254 g/mol. The van der Waals surface area contributed by atoms with Crippen LogP contribution in [-0.4, -0.2) is 36.1 Å². The van der Waals surface area contributed by atoms with Gasteiger partial charge in [0, 0.05) is 37.1 Å². The Hall–Kier alpha value is -0.740. The van der Waals surface area contributed by atoms with Crippen molar-refractivity contribution in [2.75, 3.05) is 24.0 Å². The van der Waals surface area contributed by atoms with Crippen molar-refractivity contribution in [2.24, 2.45) is 0 Å². The summed E-state index contributed by atoms with van der Waals surface area (Å²) < 4.78 is 0. The van der Waals surface area contributed by atoms with Crippen LogP contribution >= 0.6 is 11.8 Å². The molecule has 3 nitrogen and oxygen atoms in total. The molecule has 0 bridgehead atoms. The second-order valence-electron chi connectivity index (χ2n) is 5.43. The average Bonchev–Trinajstić information content (AvgIpc) is 2.35. The first-order valence-corrected chi connectivity index (χ1v) is 8.26. The van der Waals surface area contributed by atoms with Gasteiger partial charge < -0.3 is 10.2 Å². The summed E-state index contributed by atoms with van der Waals surface area (Å²) >= 11 is 1.87. The number of hydrogen-bond acceptors (Lipinski definition) is 4. The van der Waals surface area contributed by atoms with E-state index in [9.17, 15) is 0 Å². The van der Waals surface area contributed by atoms with Crippen molar-refractivity contribution in [3.05, 3.63) is 23.4 Å². The van der Waals surface area contributed by atoms with Crippen molar-refractivity contribution in [1.82, 2.24) is 10.3 Å². The molecule has 0 radical (unpaired) electrons. The minimum absolute atomic E-state index is 0.496. The number of nitrogens with one attached hydrogen (secondary N) is 1. The van der Waals surface area contributed by atoms with Crippen LogP contribution in [0.5, 0.6) is 0 Å². The van der Waals surface area contributed by atoms with Gasteiger partial charge in [0.1, 0.15) is 5.82 Å². The summed E-state index contributed by atoms with van der Waals surface area (Å²) in [5.74, 6) is 2.19. The minimum Gasteiger partial charge on any atom is -0.356 e. The molecule has 1 heterocycles. The predicted octanol–water partition coefficient (Wildman–Crippen LogP) is 3.08. The Morgan fingerprint density at radius 1 is 1.32 bits per heavy atom. The number of nitrogens with zero attached hydrogens (tertiary/aromatic N) is 2. The molecule has 0 aliphatic heterocycles. The largest absolute Gasteiger partial charge is 0.356 e. The third kappa shape index (κ3) is 5.41. The van der Waals surface area contributed by atoms with Crippen LogP contribution in [0.25, 0.3) is 0 Å². The van der Waals surface area contributed by atoms with Crippen LogP contribution in [0.15, 0.2) is 12.1 Å². The molecule has 1 unspecified atom stereocenters. The Kier molecular flexibility index (Phi) is 6.66. The third-order valence-corrected chi connectivity index (χ3v) is 3.96. The molecule has 0 aromatic carbocycles. The van der Waals surface area contributed by atoms with E-state index < -0.39 is 0 Å². The molecule has 0 saturated carbocycles. The Morgan fingerprint density at radius 2 is 2.00 bits per heavy atom. The molecule has 0 aliphatic rings. The third-order valence-electron chi connectivity index (χ3n) is 3.14. The fourth-order valence-electron chi connectivity index (χ4n) is 1.90. The predicted molar refractivity (Wildman–Crippen MR) is 87.2 cm³/mol. The van der Waals surface area contributed by atoms with Crippen LogP contribution in [0, 0.1) is 6.92 Å². The Bertz CT molecular complexity index is 393. The normalized spacial score (nSPS) is 12.8. The summed E-state index contributed by atoms with van der Waals surface area (Å²) in [6.45, 7) is 9.55. The molecule has 1 atom stereocenters. The van der Waals surface area contributed by atoms with Crippen molar-refractivity contribution in [1.29, 1.82) is 0 Å². The molecule has 1 rings (SSSR count). The minimum atomic E-state index is 0.496. The van der Waals surface area contributed by atoms with Gasteiger partial charge in [0.25, 0.3) is 0 Å². The van der Waals surface area contributed by atoms with Crippen LogP contribution < -0.4 is 10.2 Å². The Labute approximate surface area is 122 Å². The van der Waals surface area contributed by atoms with Crippen molar-refractivity contribution >= 4 is 17.6 Å². The van der Waals surface area contributed by atoms with Crippen molar-refractivity contribution in [3.8, 4) is 0 Å². The maximum Gasteiger partial charge on any atom is 0.129 e. The number of anilines is 1. The summed E-state index contributed by atoms with van der Waals surface area (Å²) in [6.07, 6.45) is 2.14. The van der Waals surface area contributed by atoms with Crippen LogP contribution in [0.2, 0.25) is 0 Å². The molecule has 19 heavy (non-hydrogen) atoms. The first-order valence-electron chi connectivity index (χ1n) is 6.86. The summed E-state index contributed by atoms with van der Waals surface area (Å²) in [4.78, 5) is 6.92. The summed E-state index contributed by atoms with van der Waals surface area (Å²) in [5, 5.41) is 3.46. The van der Waals surface area contributed by atoms with E-state index in [0.29, 0.717) is 12.1 Å². The zero-order valence-electron chi connectivity index (χ0n) is 13.0. The highest BCUT2D eigenvalue weighted by molar-refractivity contribution is 7.98. The van der Waals surface area contributed by atoms with E-state index in [0.717, 1.165) is 23.8 Å². The summed E-state index contributed by atoms with van der Waals surface area (Å²) in [6, 6.07) is 5.35. The lowest BCUT2D eigenvalue weighted by atomic mass is 10.2. The van der Waals surface area contributed by atoms with E-state index in [2.05, 4.69) is 68.3 Å². The monoisotopic (exact) mass is 281 g/mol. The number of hydrogen-bond donors (Lipinski definition) is 1. The van der Waals surface area contributed by atoms with E-state index in [1.807, 2.05) is 11.8 Å². The first-order chi connectivity index (χ1) is 8.93. The zero-order chi connectivity index (χ0) is 14.4. The van der Waals surface area contributed by atoms with Crippen molar-refractivity contribution < 1.29 is 0 Å². The van der Waals surface area contributed by atoms with Crippen LogP contribution in [0.4, 0.5) is 5.82 Å². The van der Waals surface area contributed by atoms with Gasteiger partial charge in [-0.1, -0.05) is 13.8 Å². The summed E-state index contributed by atoms with van der Waals surface area (Å²) in [7, 11) is 2.13. The zero-order valence-corrected chi connectivity index (χ0v) is 13.8. The topological polar surface area (TPSA) is 28.2 Å². The number of aryl methyl sites for hydroxylation is 1. The van der Waals surface area contributed by atoms with Crippen LogP contribution in [0.1, 0.15) is 32.0 Å². The second-order valence-corrected chi connectivity index (χ2v) is 6.34. The van der Waals surface area contributed by atoms with E-state index in [1.54, 1.807) is 0 Å². The quantitative estimate of drug-likeness (QED) is 0.831. The lowest BCUT2D eigenvalue weighted by molar-refractivity contribution is 0.588. The Morgan fingerprint density at radius 3 is 2.58 bits per heavy atom. The van der Waals surface area contributed by atoms with Crippen LogP contribution in [-0.2, 0) is 6.54 Å². The molecule has 1 aromatic heterocycles. The highest BCUT2D eigenvalue weighted by Crippen LogP contribution is 2.17. The molecule has 1 aromatic rings. The Balaban J connectivity index is 2.83. The van der Waals surface area contributed by atoms with Gasteiger partial charge in [0.05, 0.1) is 0 Å². The molecule has 0 saturated heterocycles. The second kappa shape index (κ2) is 7.75. The fraction of sp³-hybridized carbons (Fsp3) is 0.667. The van der Waals surface area contributed by atoms with Gasteiger partial charge in [-0.3, -0.25) is 0 Å². The molecule has 0 aliphatic carbocycles. The van der Waals surface area contributed by atoms with Gasteiger partial charge >= 0.3 is 0 Å². The fourth-order valence-corrected chi connectivity index (χ4v) is 2.61. The van der Waals surface area contributed by atoms with E-state index in [-0.39, 0.29) is 0 Å². The van der Waals surface area contributed by atoms with Crippen molar-refractivity contribution in [2.45, 2.75) is 46.3 Å². The molecule has 108 valence electrons. The molecule has 0 fully saturated rings. The standard InChI is InChI=1S/C15H27N3S/c1-11(2)16-9-14-7-12(3)17-15(8-14)18(5)13(4)10-19-6/h7-8,11,13,16H,9-10H2,1-6H3. The number of pyridine rings is 1. The number of rotatable bonds is 7. The molecule has 1 N–H and O–H groups in total. The van der Waals surface area contributed by atoms with Gasteiger partial charge in [-0.15, -0.1) is 0 Å². The molecule has 4 heteroatoms. The van der Waals surface area contributed by atoms with Crippen molar-refractivity contribution in [3.63, 3.8) is 0 Å². The lowest BCUT2D eigenvalue weighted by Gasteiger charge is -2.26. The van der Waals surface area contributed by atoms with Gasteiger partial charge in [0.2, 0.25) is 0 Å². The van der Waals surface area contributed by atoms with E-state index in [4.69, 9.17) is 0 Å².